The summed E-state index contributed by atoms with van der Waals surface area (Å²) in [5.74, 6) is -0.329. The number of nitrogens with zero attached hydrogens (tertiary/aromatic N) is 4. The number of amides is 1. The van der Waals surface area contributed by atoms with Crippen LogP contribution in [0, 0.1) is 11.3 Å². The van der Waals surface area contributed by atoms with Gasteiger partial charge in [-0.2, -0.15) is 15.5 Å². The molecule has 0 aliphatic carbocycles. The van der Waals surface area contributed by atoms with Crippen molar-refractivity contribution < 1.29 is 4.79 Å². The van der Waals surface area contributed by atoms with Crippen molar-refractivity contribution in [2.24, 2.45) is 5.10 Å². The van der Waals surface area contributed by atoms with Crippen molar-refractivity contribution in [2.45, 2.75) is 13.0 Å². The summed E-state index contributed by atoms with van der Waals surface area (Å²) in [6, 6.07) is 18.4. The molecule has 27 heavy (non-hydrogen) atoms. The van der Waals surface area contributed by atoms with Crippen LogP contribution >= 0.6 is 0 Å². The van der Waals surface area contributed by atoms with Crippen molar-refractivity contribution in [3.63, 3.8) is 0 Å². The molecule has 0 saturated carbocycles. The van der Waals surface area contributed by atoms with Crippen molar-refractivity contribution in [3.8, 4) is 17.3 Å². The first-order chi connectivity index (χ1) is 13.2. The number of carbonyl (C=O) groups excluding carboxylic acids is 1. The van der Waals surface area contributed by atoms with Gasteiger partial charge in [-0.05, 0) is 24.3 Å². The molecule has 0 bridgehead atoms. The monoisotopic (exact) mass is 358 g/mol. The van der Waals surface area contributed by atoms with Crippen molar-refractivity contribution in [1.29, 1.82) is 5.26 Å². The van der Waals surface area contributed by atoms with Gasteiger partial charge in [0, 0.05) is 28.6 Å². The molecule has 3 aromatic rings. The van der Waals surface area contributed by atoms with E-state index in [9.17, 15) is 4.79 Å². The van der Waals surface area contributed by atoms with Crippen molar-refractivity contribution in [2.75, 3.05) is 5.73 Å². The summed E-state index contributed by atoms with van der Waals surface area (Å²) in [6.07, 6.45) is 3.71. The Morgan fingerprint density at radius 3 is 2.67 bits per heavy atom. The summed E-state index contributed by atoms with van der Waals surface area (Å²) in [4.78, 5) is 12.1. The molecule has 3 rings (SSSR count). The highest BCUT2D eigenvalue weighted by atomic mass is 16.2. The van der Waals surface area contributed by atoms with Gasteiger partial charge < -0.3 is 5.73 Å². The molecule has 1 amide bonds. The summed E-state index contributed by atoms with van der Waals surface area (Å²) in [5.41, 5.74) is 11.6. The third kappa shape index (κ3) is 4.58. The van der Waals surface area contributed by atoms with Crippen LogP contribution in [0.25, 0.3) is 11.3 Å². The second-order valence-corrected chi connectivity index (χ2v) is 5.79. The molecule has 0 spiro atoms. The molecule has 0 aliphatic rings. The Balaban J connectivity index is 1.79. The molecule has 0 unspecified atom stereocenters. The van der Waals surface area contributed by atoms with Gasteiger partial charge in [-0.15, -0.1) is 0 Å². The summed E-state index contributed by atoms with van der Waals surface area (Å²) in [7, 11) is 0. The van der Waals surface area contributed by atoms with Crippen molar-refractivity contribution in [3.05, 3.63) is 71.9 Å². The number of carbonyl (C=O) groups is 1. The molecule has 0 saturated heterocycles. The average Bonchev–Trinajstić information content (AvgIpc) is 3.10. The number of aryl methyl sites for hydroxylation is 1. The highest BCUT2D eigenvalue weighted by Crippen LogP contribution is 2.20. The number of hydrazone groups is 1. The smallest absolute Gasteiger partial charge is 0.271 e. The van der Waals surface area contributed by atoms with E-state index in [2.05, 4.69) is 21.7 Å². The number of aromatic nitrogens is 2. The number of nitrogens with two attached hydrogens (primary N) is 1. The number of anilines is 1. The Labute approximate surface area is 156 Å². The lowest BCUT2D eigenvalue weighted by atomic mass is 10.1. The van der Waals surface area contributed by atoms with E-state index >= 15 is 0 Å². The molecule has 134 valence electrons. The third-order valence-corrected chi connectivity index (χ3v) is 3.83. The fourth-order valence-corrected chi connectivity index (χ4v) is 2.49. The lowest BCUT2D eigenvalue weighted by molar-refractivity contribution is 0.0955. The summed E-state index contributed by atoms with van der Waals surface area (Å²) >= 11 is 0. The van der Waals surface area contributed by atoms with Gasteiger partial charge in [-0.25, -0.2) is 5.43 Å². The first-order valence-electron chi connectivity index (χ1n) is 8.36. The zero-order valence-electron chi connectivity index (χ0n) is 14.5. The molecule has 0 atom stereocenters. The van der Waals surface area contributed by atoms with Crippen LogP contribution in [0.3, 0.4) is 0 Å². The highest BCUT2D eigenvalue weighted by Gasteiger charge is 2.10. The SMILES string of the molecule is N#CCCn1cc(/C=N\NC(=O)c2ccc(N)cc2)c(-c2ccccc2)n1. The van der Waals surface area contributed by atoms with E-state index in [1.807, 2.05) is 30.3 Å². The second-order valence-electron chi connectivity index (χ2n) is 5.79. The molecule has 2 aromatic carbocycles. The van der Waals surface area contributed by atoms with Crippen molar-refractivity contribution >= 4 is 17.8 Å². The third-order valence-electron chi connectivity index (χ3n) is 3.83. The largest absolute Gasteiger partial charge is 0.399 e. The Bertz CT molecular complexity index is 984. The second kappa shape index (κ2) is 8.45. The molecule has 0 fully saturated rings. The van der Waals surface area contributed by atoms with E-state index in [4.69, 9.17) is 11.0 Å². The molecule has 0 aliphatic heterocycles. The molecule has 1 heterocycles. The van der Waals surface area contributed by atoms with Gasteiger partial charge in [-0.1, -0.05) is 30.3 Å². The quantitative estimate of drug-likeness (QED) is 0.401. The van der Waals surface area contributed by atoms with Crippen LogP contribution in [-0.4, -0.2) is 21.9 Å². The fraction of sp³-hybridized carbons (Fsp3) is 0.100. The van der Waals surface area contributed by atoms with Crippen LogP contribution in [0.2, 0.25) is 0 Å². The van der Waals surface area contributed by atoms with E-state index in [-0.39, 0.29) is 5.91 Å². The van der Waals surface area contributed by atoms with Crippen LogP contribution in [0.4, 0.5) is 5.69 Å². The lowest BCUT2D eigenvalue weighted by Gasteiger charge is -2.00. The van der Waals surface area contributed by atoms with Gasteiger partial charge in [0.2, 0.25) is 0 Å². The first kappa shape index (κ1) is 17.9. The summed E-state index contributed by atoms with van der Waals surface area (Å²) in [6.45, 7) is 0.488. The Kier molecular flexibility index (Phi) is 5.60. The molecule has 7 nitrogen and oxygen atoms in total. The fourth-order valence-electron chi connectivity index (χ4n) is 2.49. The Hall–Kier alpha value is -3.92. The minimum atomic E-state index is -0.329. The number of nitriles is 1. The first-order valence-corrected chi connectivity index (χ1v) is 8.36. The number of benzene rings is 2. The summed E-state index contributed by atoms with van der Waals surface area (Å²) < 4.78 is 1.70. The van der Waals surface area contributed by atoms with Crippen LogP contribution in [0.1, 0.15) is 22.3 Å². The summed E-state index contributed by atoms with van der Waals surface area (Å²) in [5, 5.41) is 17.4. The standard InChI is InChI=1S/C20H18N6O/c21-11-4-12-26-14-17(19(25-26)15-5-2-1-3-6-15)13-23-24-20(27)16-7-9-18(22)10-8-16/h1-3,5-10,13-14H,4,12,22H2,(H,24,27)/b23-13-. The normalized spacial score (nSPS) is 10.6. The molecular formula is C20H18N6O. The topological polar surface area (TPSA) is 109 Å². The molecular weight excluding hydrogens is 340 g/mol. The van der Waals surface area contributed by atoms with Crippen LogP contribution in [0.5, 0.6) is 0 Å². The maximum absolute atomic E-state index is 12.1. The van der Waals surface area contributed by atoms with Gasteiger partial charge in [0.25, 0.3) is 5.91 Å². The van der Waals surface area contributed by atoms with E-state index < -0.39 is 0 Å². The van der Waals surface area contributed by atoms with Gasteiger partial charge in [0.15, 0.2) is 0 Å². The minimum absolute atomic E-state index is 0.329. The van der Waals surface area contributed by atoms with E-state index in [0.717, 1.165) is 16.8 Å². The average molecular weight is 358 g/mol. The number of nitrogen functional groups attached to an aromatic ring is 1. The minimum Gasteiger partial charge on any atom is -0.399 e. The number of hydrogen-bond donors (Lipinski definition) is 2. The maximum Gasteiger partial charge on any atom is 0.271 e. The Morgan fingerprint density at radius 1 is 1.22 bits per heavy atom. The van der Waals surface area contributed by atoms with Gasteiger partial charge >= 0.3 is 0 Å². The number of hydrogen-bond acceptors (Lipinski definition) is 5. The van der Waals surface area contributed by atoms with Gasteiger partial charge in [0.1, 0.15) is 5.69 Å². The van der Waals surface area contributed by atoms with Crippen LogP contribution in [-0.2, 0) is 6.54 Å². The number of nitrogens with one attached hydrogen (secondary N) is 1. The van der Waals surface area contributed by atoms with Crippen LogP contribution < -0.4 is 11.2 Å². The number of rotatable bonds is 6. The predicted octanol–water partition coefficient (Wildman–Crippen LogP) is 2.81. The van der Waals surface area contributed by atoms with E-state index in [0.29, 0.717) is 24.2 Å². The van der Waals surface area contributed by atoms with Crippen LogP contribution in [0.15, 0.2) is 65.9 Å². The zero-order chi connectivity index (χ0) is 19.1. The zero-order valence-corrected chi connectivity index (χ0v) is 14.5. The van der Waals surface area contributed by atoms with Crippen molar-refractivity contribution in [1.82, 2.24) is 15.2 Å². The maximum atomic E-state index is 12.1. The highest BCUT2D eigenvalue weighted by molar-refractivity contribution is 5.95. The van der Waals surface area contributed by atoms with Gasteiger partial charge in [0.05, 0.1) is 25.2 Å². The van der Waals surface area contributed by atoms with Gasteiger partial charge in [-0.3, -0.25) is 9.48 Å². The predicted molar refractivity (Wildman–Crippen MR) is 104 cm³/mol. The molecule has 0 radical (unpaired) electrons. The Morgan fingerprint density at radius 2 is 1.96 bits per heavy atom. The molecule has 3 N–H and O–H groups in total. The lowest BCUT2D eigenvalue weighted by Crippen LogP contribution is -2.17. The molecule has 1 aromatic heterocycles. The molecule has 7 heteroatoms. The van der Waals surface area contributed by atoms with E-state index in [1.54, 1.807) is 41.4 Å². The van der Waals surface area contributed by atoms with E-state index in [1.165, 1.54) is 0 Å².